The molecule has 0 aliphatic carbocycles. The van der Waals surface area contributed by atoms with Crippen LogP contribution in [0.2, 0.25) is 6.72 Å². The molecular weight excluding hydrogens is 581 g/mol. The monoisotopic (exact) mass is 618 g/mol. The Hall–Kier alpha value is -2.71. The van der Waals surface area contributed by atoms with E-state index in [0.717, 1.165) is 54.9 Å². The van der Waals surface area contributed by atoms with Crippen molar-refractivity contribution >= 4 is 55.3 Å². The second kappa shape index (κ2) is 9.19. The van der Waals surface area contributed by atoms with Crippen molar-refractivity contribution in [3.05, 3.63) is 72.3 Å². The third kappa shape index (κ3) is 3.99. The van der Waals surface area contributed by atoms with Crippen LogP contribution in [0, 0.1) is 6.92 Å². The average molecular weight is 619 g/mol. The van der Waals surface area contributed by atoms with Gasteiger partial charge in [-0.05, 0) is 0 Å². The van der Waals surface area contributed by atoms with Crippen LogP contribution in [0.25, 0.3) is 43.6 Å². The van der Waals surface area contributed by atoms with Gasteiger partial charge in [-0.1, -0.05) is 0 Å². The molecule has 0 amide bonds. The number of hydrogen-bond acceptors (Lipinski definition) is 2. The standard InChI is InChI=1S/C25H20N2O.2C4H9.FH.Sb/c1-16-20-10-6-7-11-21(20)24(28-3)14-22(16)25-23-13-18-9-5-4-8-17(18)12-19(23)15-26-27(25)2;2*1-4(2)3;;/h4-14H,1-3H3;2*1-3H3;1H;/q+1;;;;+1/p-1. The topological polar surface area (TPSA) is 26.0 Å². The average Bonchev–Trinajstić information content (AvgIpc) is 2.86. The Bertz CT molecular complexity index is 1700. The van der Waals surface area contributed by atoms with Gasteiger partial charge in [0.05, 0.1) is 0 Å². The number of ether oxygens (including phenoxy) is 1. The van der Waals surface area contributed by atoms with Crippen molar-refractivity contribution in [2.45, 2.75) is 55.2 Å². The van der Waals surface area contributed by atoms with E-state index in [0.29, 0.717) is 3.64 Å². The molecule has 4 aromatic carbocycles. The van der Waals surface area contributed by atoms with Gasteiger partial charge < -0.3 is 0 Å². The molecule has 0 saturated heterocycles. The normalized spacial score (nSPS) is 13.0. The first-order chi connectivity index (χ1) is 17.8. The fraction of sp³-hybridized carbons (Fsp3) is 0.333. The summed E-state index contributed by atoms with van der Waals surface area (Å²) < 4.78 is 25.4. The van der Waals surface area contributed by atoms with Crippen molar-refractivity contribution in [2.24, 2.45) is 7.05 Å². The minimum atomic E-state index is -4.53. The zero-order valence-corrected chi connectivity index (χ0v) is 26.5. The summed E-state index contributed by atoms with van der Waals surface area (Å²) in [6.07, 6.45) is 0. The number of benzene rings is 4. The van der Waals surface area contributed by atoms with E-state index in [1.807, 2.05) is 23.9 Å². The Balaban J connectivity index is 1.99. The molecule has 0 fully saturated rings. The summed E-state index contributed by atoms with van der Waals surface area (Å²) >= 11 is -4.53. The number of rotatable bonds is 3. The maximum absolute atomic E-state index is 17.9. The summed E-state index contributed by atoms with van der Waals surface area (Å²) in [7, 11) is 3.68. The van der Waals surface area contributed by atoms with Gasteiger partial charge in [0.1, 0.15) is 0 Å². The molecule has 0 aliphatic rings. The van der Waals surface area contributed by atoms with Crippen molar-refractivity contribution < 1.29 is 12.2 Å². The van der Waals surface area contributed by atoms with E-state index >= 15 is 2.81 Å². The van der Waals surface area contributed by atoms with Crippen molar-refractivity contribution in [2.75, 3.05) is 7.11 Å². The third-order valence-electron chi connectivity index (χ3n) is 7.84. The minimum absolute atomic E-state index is 0.487. The van der Waals surface area contributed by atoms with Gasteiger partial charge in [0.25, 0.3) is 0 Å². The number of nitrogens with zero attached hydrogens (tertiary/aromatic N) is 2. The van der Waals surface area contributed by atoms with Crippen molar-refractivity contribution in [3.63, 3.8) is 0 Å². The van der Waals surface area contributed by atoms with Crippen LogP contribution >= 0.6 is 0 Å². The molecule has 0 spiro atoms. The molecule has 5 heteroatoms. The third-order valence-corrected chi connectivity index (χ3v) is 21.0. The predicted octanol–water partition coefficient (Wildman–Crippen LogP) is 8.07. The van der Waals surface area contributed by atoms with E-state index in [2.05, 4.69) is 103 Å². The molecule has 0 bridgehead atoms. The van der Waals surface area contributed by atoms with Crippen LogP contribution in [0.5, 0.6) is 5.75 Å². The van der Waals surface area contributed by atoms with Gasteiger partial charge in [0.15, 0.2) is 0 Å². The van der Waals surface area contributed by atoms with Gasteiger partial charge in [0, 0.05) is 0 Å². The molecular formula is C33H38FN2OSb+. The van der Waals surface area contributed by atoms with Crippen LogP contribution in [0.1, 0.15) is 47.1 Å². The number of fused-ring (bicyclic) bond motifs is 3. The Kier molecular flexibility index (Phi) is 6.50. The molecule has 197 valence electrons. The number of hydrogen-bond donors (Lipinski definition) is 0. The first-order valence-electron chi connectivity index (χ1n) is 13.2. The summed E-state index contributed by atoms with van der Waals surface area (Å²) in [5, 5.41) is 11.6. The SMILES string of the molecule is COc1cc(-c2c3cc4ccccc4cc3[c]([Sb]([F])([C](C)(C)C)[C](C)(C)C)n[n+]2C)c(C)c2ccccc12. The summed E-state index contributed by atoms with van der Waals surface area (Å²) in [6.45, 7) is 14.5. The Labute approximate surface area is 230 Å². The Morgan fingerprint density at radius 3 is 1.84 bits per heavy atom. The van der Waals surface area contributed by atoms with Crippen LogP contribution in [0.15, 0.2) is 66.7 Å². The zero-order chi connectivity index (χ0) is 27.6. The van der Waals surface area contributed by atoms with E-state index in [1.54, 1.807) is 7.11 Å². The molecule has 0 N–H and O–H groups in total. The second-order valence-corrected chi connectivity index (χ2v) is 24.5. The van der Waals surface area contributed by atoms with Crippen LogP contribution < -0.4 is 13.1 Å². The van der Waals surface area contributed by atoms with E-state index < -0.39 is 26.1 Å². The predicted molar refractivity (Wildman–Crippen MR) is 161 cm³/mol. The molecule has 3 nitrogen and oxygen atoms in total. The van der Waals surface area contributed by atoms with Crippen molar-refractivity contribution in [3.8, 4) is 17.0 Å². The molecule has 0 atom stereocenters. The molecule has 0 saturated carbocycles. The van der Waals surface area contributed by atoms with Gasteiger partial charge >= 0.3 is 231 Å². The molecule has 1 aromatic heterocycles. The van der Waals surface area contributed by atoms with E-state index in [4.69, 9.17) is 9.84 Å². The van der Waals surface area contributed by atoms with Gasteiger partial charge in [-0.15, -0.1) is 0 Å². The summed E-state index contributed by atoms with van der Waals surface area (Å²) in [5.74, 6) is 0.821. The molecule has 38 heavy (non-hydrogen) atoms. The molecule has 0 unspecified atom stereocenters. The van der Waals surface area contributed by atoms with Gasteiger partial charge in [-0.2, -0.15) is 0 Å². The Morgan fingerprint density at radius 1 is 0.763 bits per heavy atom. The van der Waals surface area contributed by atoms with E-state index in [1.165, 1.54) is 0 Å². The summed E-state index contributed by atoms with van der Waals surface area (Å²) in [4.78, 5) is 0. The van der Waals surface area contributed by atoms with E-state index in [9.17, 15) is 0 Å². The maximum atomic E-state index is 17.9. The van der Waals surface area contributed by atoms with Gasteiger partial charge in [0.2, 0.25) is 0 Å². The zero-order valence-electron chi connectivity index (χ0n) is 24.0. The molecule has 0 aliphatic heterocycles. The van der Waals surface area contributed by atoms with Crippen LogP contribution in [0.4, 0.5) is 2.81 Å². The van der Waals surface area contributed by atoms with E-state index in [-0.39, 0.29) is 0 Å². The van der Waals surface area contributed by atoms with Gasteiger partial charge in [-0.25, -0.2) is 0 Å². The Morgan fingerprint density at radius 2 is 1.29 bits per heavy atom. The molecule has 5 rings (SSSR count). The van der Waals surface area contributed by atoms with Crippen LogP contribution in [-0.4, -0.2) is 31.6 Å². The fourth-order valence-corrected chi connectivity index (χ4v) is 17.7. The van der Waals surface area contributed by atoms with Crippen molar-refractivity contribution in [1.82, 2.24) is 5.10 Å². The van der Waals surface area contributed by atoms with Crippen LogP contribution in [-0.2, 0) is 7.05 Å². The van der Waals surface area contributed by atoms with Gasteiger partial charge in [-0.3, -0.25) is 0 Å². The summed E-state index contributed by atoms with van der Waals surface area (Å²) in [6, 6.07) is 23.2. The number of methoxy groups -OCH3 is 1. The second-order valence-electron chi connectivity index (χ2n) is 12.3. The number of aryl methyl sites for hydroxylation is 2. The molecule has 1 radical (unpaired) electrons. The first kappa shape index (κ1) is 26.9. The van der Waals surface area contributed by atoms with Crippen molar-refractivity contribution in [1.29, 1.82) is 0 Å². The number of halogens is 1. The van der Waals surface area contributed by atoms with Crippen LogP contribution in [0.3, 0.4) is 0 Å². The fourth-order valence-electron chi connectivity index (χ4n) is 6.13. The molecule has 1 heterocycles. The molecule has 5 aromatic rings. The number of aromatic nitrogens is 2. The first-order valence-corrected chi connectivity index (χ1v) is 18.0. The quantitative estimate of drug-likeness (QED) is 0.116. The summed E-state index contributed by atoms with van der Waals surface area (Å²) in [5.41, 5.74) is 3.18.